The van der Waals surface area contributed by atoms with Gasteiger partial charge in [-0.2, -0.15) is 0 Å². The molecule has 3 rings (SSSR count). The maximum Gasteiger partial charge on any atom is 0.300 e. The van der Waals surface area contributed by atoms with Gasteiger partial charge in [0.25, 0.3) is 0 Å². The minimum absolute atomic E-state index is 0.0524. The number of nitrogens with one attached hydrogen (secondary N) is 1. The summed E-state index contributed by atoms with van der Waals surface area (Å²) < 4.78 is 3.30. The Bertz CT molecular complexity index is 1060. The first-order valence-electron chi connectivity index (χ1n) is 10.2. The second-order valence-corrected chi connectivity index (χ2v) is 7.94. The largest absolute Gasteiger partial charge is 0.356 e. The van der Waals surface area contributed by atoms with E-state index in [9.17, 15) is 9.59 Å². The average Bonchev–Trinajstić information content (AvgIpc) is 3.08. The normalized spacial score (nSPS) is 11.3. The van der Waals surface area contributed by atoms with Crippen LogP contribution in [0.5, 0.6) is 0 Å². The Kier molecular flexibility index (Phi) is 6.46. The number of nitrogens with zero attached hydrogens (tertiary/aromatic N) is 4. The predicted molar refractivity (Wildman–Crippen MR) is 113 cm³/mol. The number of rotatable bonds is 8. The monoisotopic (exact) mass is 395 g/mol. The summed E-state index contributed by atoms with van der Waals surface area (Å²) in [5, 5.41) is 11.2. The molecule has 0 fully saturated rings. The topological polar surface area (TPSA) is 81.3 Å². The molecule has 1 amide bonds. The van der Waals surface area contributed by atoms with Crippen molar-refractivity contribution in [3.8, 4) is 5.69 Å². The molecule has 0 saturated carbocycles. The third-order valence-corrected chi connectivity index (χ3v) is 5.16. The maximum absolute atomic E-state index is 12.9. The molecule has 7 heteroatoms. The van der Waals surface area contributed by atoms with Crippen LogP contribution in [0.25, 0.3) is 11.3 Å². The van der Waals surface area contributed by atoms with Crippen molar-refractivity contribution in [2.75, 3.05) is 6.54 Å². The number of aryl methyl sites for hydroxylation is 3. The van der Waals surface area contributed by atoms with Crippen LogP contribution in [0, 0.1) is 19.8 Å². The molecule has 3 aromatic rings. The SMILES string of the molecule is Cc1ccc(-n2ccn3c(CCCC(=O)NCCC(C)C)nnc3c2=O)cc1C. The van der Waals surface area contributed by atoms with E-state index in [4.69, 9.17) is 0 Å². The van der Waals surface area contributed by atoms with Gasteiger partial charge in [0.05, 0.1) is 0 Å². The highest BCUT2D eigenvalue weighted by Crippen LogP contribution is 2.13. The van der Waals surface area contributed by atoms with Crippen molar-refractivity contribution in [3.63, 3.8) is 0 Å². The fourth-order valence-electron chi connectivity index (χ4n) is 3.18. The van der Waals surface area contributed by atoms with Gasteiger partial charge in [-0.1, -0.05) is 19.9 Å². The first kappa shape index (κ1) is 20.8. The van der Waals surface area contributed by atoms with Crippen molar-refractivity contribution in [1.29, 1.82) is 0 Å². The molecule has 0 bridgehead atoms. The second kappa shape index (κ2) is 9.03. The Morgan fingerprint density at radius 3 is 2.66 bits per heavy atom. The van der Waals surface area contributed by atoms with Crippen LogP contribution in [0.2, 0.25) is 0 Å². The van der Waals surface area contributed by atoms with E-state index in [1.54, 1.807) is 15.2 Å². The summed E-state index contributed by atoms with van der Waals surface area (Å²) in [6.07, 6.45) is 6.22. The Balaban J connectivity index is 1.69. The van der Waals surface area contributed by atoms with Gasteiger partial charge in [-0.25, -0.2) is 0 Å². The number of amides is 1. The van der Waals surface area contributed by atoms with Crippen LogP contribution in [0.15, 0.2) is 35.4 Å². The van der Waals surface area contributed by atoms with E-state index in [1.807, 2.05) is 38.2 Å². The van der Waals surface area contributed by atoms with Gasteiger partial charge in [0.2, 0.25) is 11.6 Å². The molecule has 0 aliphatic carbocycles. The summed E-state index contributed by atoms with van der Waals surface area (Å²) in [5.41, 5.74) is 3.20. The smallest absolute Gasteiger partial charge is 0.300 e. The number of carbonyl (C=O) groups is 1. The van der Waals surface area contributed by atoms with E-state index in [0.29, 0.717) is 43.2 Å². The van der Waals surface area contributed by atoms with E-state index >= 15 is 0 Å². The fraction of sp³-hybridized carbons (Fsp3) is 0.455. The molecule has 154 valence electrons. The van der Waals surface area contributed by atoms with Crippen LogP contribution in [-0.2, 0) is 11.2 Å². The number of carbonyl (C=O) groups excluding carboxylic acids is 1. The number of hydrogen-bond acceptors (Lipinski definition) is 4. The summed E-state index contributed by atoms with van der Waals surface area (Å²) in [7, 11) is 0. The molecule has 0 atom stereocenters. The van der Waals surface area contributed by atoms with Crippen LogP contribution in [0.4, 0.5) is 0 Å². The third-order valence-electron chi connectivity index (χ3n) is 5.16. The Labute approximate surface area is 170 Å². The van der Waals surface area contributed by atoms with E-state index in [-0.39, 0.29) is 11.5 Å². The predicted octanol–water partition coefficient (Wildman–Crippen LogP) is 2.98. The molecule has 0 radical (unpaired) electrons. The molecule has 29 heavy (non-hydrogen) atoms. The molecule has 0 saturated heterocycles. The first-order chi connectivity index (χ1) is 13.9. The zero-order valence-corrected chi connectivity index (χ0v) is 17.6. The number of fused-ring (bicyclic) bond motifs is 1. The molecule has 0 unspecified atom stereocenters. The van der Waals surface area contributed by atoms with Crippen LogP contribution in [0.3, 0.4) is 0 Å². The molecule has 0 aliphatic rings. The van der Waals surface area contributed by atoms with Gasteiger partial charge < -0.3 is 5.32 Å². The highest BCUT2D eigenvalue weighted by Gasteiger charge is 2.12. The van der Waals surface area contributed by atoms with Crippen molar-refractivity contribution in [2.24, 2.45) is 5.92 Å². The highest BCUT2D eigenvalue weighted by atomic mass is 16.1. The van der Waals surface area contributed by atoms with Gasteiger partial charge >= 0.3 is 5.56 Å². The number of benzene rings is 1. The third kappa shape index (κ3) is 4.91. The molecule has 7 nitrogen and oxygen atoms in total. The molecular formula is C22H29N5O2. The van der Waals surface area contributed by atoms with Gasteiger partial charge in [-0.15, -0.1) is 10.2 Å². The van der Waals surface area contributed by atoms with E-state index in [1.165, 1.54) is 5.56 Å². The lowest BCUT2D eigenvalue weighted by Crippen LogP contribution is -2.25. The van der Waals surface area contributed by atoms with Gasteiger partial charge in [0, 0.05) is 37.5 Å². The van der Waals surface area contributed by atoms with Crippen LogP contribution in [-0.4, -0.2) is 31.6 Å². The lowest BCUT2D eigenvalue weighted by Gasteiger charge is -2.09. The summed E-state index contributed by atoms with van der Waals surface area (Å²) >= 11 is 0. The van der Waals surface area contributed by atoms with Crippen molar-refractivity contribution < 1.29 is 4.79 Å². The van der Waals surface area contributed by atoms with Crippen molar-refractivity contribution >= 4 is 11.6 Å². The van der Waals surface area contributed by atoms with E-state index in [0.717, 1.165) is 17.7 Å². The first-order valence-corrected chi connectivity index (χ1v) is 10.2. The van der Waals surface area contributed by atoms with Crippen LogP contribution in [0.1, 0.15) is 50.1 Å². The summed E-state index contributed by atoms with van der Waals surface area (Å²) in [6.45, 7) is 9.05. The summed E-state index contributed by atoms with van der Waals surface area (Å²) in [5.74, 6) is 1.32. The highest BCUT2D eigenvalue weighted by molar-refractivity contribution is 5.75. The van der Waals surface area contributed by atoms with Crippen molar-refractivity contribution in [2.45, 2.75) is 53.4 Å². The molecular weight excluding hydrogens is 366 g/mol. The van der Waals surface area contributed by atoms with Gasteiger partial charge in [0.1, 0.15) is 5.82 Å². The van der Waals surface area contributed by atoms with Crippen LogP contribution < -0.4 is 10.9 Å². The van der Waals surface area contributed by atoms with Crippen LogP contribution >= 0.6 is 0 Å². The average molecular weight is 396 g/mol. The van der Waals surface area contributed by atoms with E-state index < -0.39 is 0 Å². The standard InChI is InChI=1S/C22H29N5O2/c1-15(2)10-11-23-20(28)7-5-6-19-24-25-21-22(29)26(12-13-27(19)21)18-9-8-16(3)17(4)14-18/h8-9,12-15H,5-7,10-11H2,1-4H3,(H,23,28). The molecule has 1 N–H and O–H groups in total. The maximum atomic E-state index is 12.9. The zero-order valence-electron chi connectivity index (χ0n) is 17.6. The Hall–Kier alpha value is -2.96. The van der Waals surface area contributed by atoms with Gasteiger partial charge in [-0.05, 0) is 55.9 Å². The minimum atomic E-state index is -0.207. The van der Waals surface area contributed by atoms with Crippen molar-refractivity contribution in [1.82, 2.24) is 24.5 Å². The van der Waals surface area contributed by atoms with Gasteiger partial charge in [-0.3, -0.25) is 18.6 Å². The summed E-state index contributed by atoms with van der Waals surface area (Å²) in [6, 6.07) is 5.92. The Morgan fingerprint density at radius 2 is 1.93 bits per heavy atom. The zero-order chi connectivity index (χ0) is 21.0. The Morgan fingerprint density at radius 1 is 1.14 bits per heavy atom. The quantitative estimate of drug-likeness (QED) is 0.636. The summed E-state index contributed by atoms with van der Waals surface area (Å²) in [4.78, 5) is 24.8. The minimum Gasteiger partial charge on any atom is -0.356 e. The molecule has 0 spiro atoms. The molecule has 2 aromatic heterocycles. The van der Waals surface area contributed by atoms with E-state index in [2.05, 4.69) is 29.4 Å². The second-order valence-electron chi connectivity index (χ2n) is 7.94. The molecule has 0 aliphatic heterocycles. The molecule has 1 aromatic carbocycles. The lowest BCUT2D eigenvalue weighted by atomic mass is 10.1. The number of aromatic nitrogens is 4. The fourth-order valence-corrected chi connectivity index (χ4v) is 3.18. The van der Waals surface area contributed by atoms with Crippen molar-refractivity contribution in [3.05, 3.63) is 57.9 Å². The van der Waals surface area contributed by atoms with Gasteiger partial charge in [0.15, 0.2) is 0 Å². The molecule has 2 heterocycles. The number of hydrogen-bond donors (Lipinski definition) is 1. The lowest BCUT2D eigenvalue weighted by molar-refractivity contribution is -0.121.